The second-order valence-corrected chi connectivity index (χ2v) is 7.21. The lowest BCUT2D eigenvalue weighted by molar-refractivity contribution is 0.0735. The van der Waals surface area contributed by atoms with Gasteiger partial charge in [-0.15, -0.1) is 17.5 Å². The number of piperidine rings is 1. The molecular weight excluding hydrogens is 334 g/mol. The maximum absolute atomic E-state index is 12.5. The zero-order chi connectivity index (χ0) is 15.9. The van der Waals surface area contributed by atoms with Crippen molar-refractivity contribution in [1.82, 2.24) is 25.2 Å². The maximum atomic E-state index is 12.5. The number of amides is 1. The van der Waals surface area contributed by atoms with Gasteiger partial charge in [0.25, 0.3) is 5.91 Å². The van der Waals surface area contributed by atoms with Crippen LogP contribution in [0, 0.1) is 0 Å². The Labute approximate surface area is 149 Å². The molecule has 1 aromatic heterocycles. The van der Waals surface area contributed by atoms with Crippen LogP contribution in [0.3, 0.4) is 0 Å². The molecular formula is C15H28ClN5OS. The van der Waals surface area contributed by atoms with Crippen LogP contribution >= 0.6 is 24.2 Å². The third-order valence-corrected chi connectivity index (χ3v) is 5.21. The van der Waals surface area contributed by atoms with Crippen molar-refractivity contribution in [2.45, 2.75) is 45.2 Å². The van der Waals surface area contributed by atoms with E-state index in [0.717, 1.165) is 43.9 Å². The average Bonchev–Trinajstić information content (AvgIpc) is 3.04. The molecule has 1 aromatic rings. The van der Waals surface area contributed by atoms with Crippen LogP contribution in [0.15, 0.2) is 6.20 Å². The summed E-state index contributed by atoms with van der Waals surface area (Å²) in [6.45, 7) is 6.24. The summed E-state index contributed by atoms with van der Waals surface area (Å²) in [4.78, 5) is 14.3. The van der Waals surface area contributed by atoms with E-state index in [1.807, 2.05) is 29.7 Å². The second-order valence-electron chi connectivity index (χ2n) is 5.82. The first kappa shape index (κ1) is 20.3. The monoisotopic (exact) mass is 361 g/mol. The highest BCUT2D eigenvalue weighted by atomic mass is 35.5. The molecule has 1 aliphatic heterocycles. The minimum Gasteiger partial charge on any atom is -0.338 e. The van der Waals surface area contributed by atoms with E-state index in [4.69, 9.17) is 0 Å². The Morgan fingerprint density at radius 2 is 2.22 bits per heavy atom. The molecule has 1 fully saturated rings. The predicted octanol–water partition coefficient (Wildman–Crippen LogP) is 2.23. The summed E-state index contributed by atoms with van der Waals surface area (Å²) in [6.07, 6.45) is 4.89. The average molecular weight is 362 g/mol. The molecule has 1 aliphatic rings. The van der Waals surface area contributed by atoms with E-state index in [0.29, 0.717) is 11.7 Å². The summed E-state index contributed by atoms with van der Waals surface area (Å²) in [5, 5.41) is 11.6. The van der Waals surface area contributed by atoms with Gasteiger partial charge in [0.05, 0.1) is 12.2 Å². The van der Waals surface area contributed by atoms with Gasteiger partial charge in [-0.05, 0) is 50.8 Å². The quantitative estimate of drug-likeness (QED) is 0.754. The van der Waals surface area contributed by atoms with Crippen molar-refractivity contribution in [3.05, 3.63) is 11.9 Å². The number of carbonyl (C=O) groups excluding carboxylic acids is 1. The summed E-state index contributed by atoms with van der Waals surface area (Å²) in [5.74, 6) is 2.17. The van der Waals surface area contributed by atoms with Gasteiger partial charge >= 0.3 is 0 Å². The predicted molar refractivity (Wildman–Crippen MR) is 97.6 cm³/mol. The third kappa shape index (κ3) is 5.65. The van der Waals surface area contributed by atoms with E-state index in [2.05, 4.69) is 29.5 Å². The fourth-order valence-corrected chi connectivity index (χ4v) is 3.39. The molecule has 1 unspecified atom stereocenters. The summed E-state index contributed by atoms with van der Waals surface area (Å²) in [6, 6.07) is 0.578. The summed E-state index contributed by atoms with van der Waals surface area (Å²) in [5.41, 5.74) is 0.455. The van der Waals surface area contributed by atoms with Crippen molar-refractivity contribution >= 4 is 30.1 Å². The molecule has 0 radical (unpaired) electrons. The Morgan fingerprint density at radius 1 is 1.52 bits per heavy atom. The SMILES string of the molecule is CCSCCC(C)N(C)C(=O)c1cn(C2CCNCC2)nn1.Cl. The lowest BCUT2D eigenvalue weighted by Crippen LogP contribution is -2.35. The van der Waals surface area contributed by atoms with Crippen molar-refractivity contribution in [1.29, 1.82) is 0 Å². The number of aromatic nitrogens is 3. The Kier molecular flexibility index (Phi) is 8.94. The van der Waals surface area contributed by atoms with Crippen molar-refractivity contribution < 1.29 is 4.79 Å². The molecule has 1 atom stereocenters. The standard InChI is InChI=1S/C15H27N5OS.ClH/c1-4-22-10-7-12(2)19(3)15(21)14-11-20(18-17-14)13-5-8-16-9-6-13;/h11-13,16H,4-10H2,1-3H3;1H. The number of hydrogen-bond donors (Lipinski definition) is 1. The number of halogens is 1. The van der Waals surface area contributed by atoms with E-state index in [1.54, 1.807) is 4.90 Å². The molecule has 2 rings (SSSR count). The van der Waals surface area contributed by atoms with Gasteiger partial charge < -0.3 is 10.2 Å². The number of rotatable bonds is 7. The summed E-state index contributed by atoms with van der Waals surface area (Å²) >= 11 is 1.91. The zero-order valence-electron chi connectivity index (χ0n) is 14.2. The fraction of sp³-hybridized carbons (Fsp3) is 0.800. The van der Waals surface area contributed by atoms with Gasteiger partial charge in [0.1, 0.15) is 0 Å². The first-order valence-electron chi connectivity index (χ1n) is 8.11. The third-order valence-electron chi connectivity index (χ3n) is 4.28. The van der Waals surface area contributed by atoms with E-state index in [9.17, 15) is 4.79 Å². The zero-order valence-corrected chi connectivity index (χ0v) is 15.8. The Bertz CT molecular complexity index is 478. The van der Waals surface area contributed by atoms with Crippen molar-refractivity contribution in [3.8, 4) is 0 Å². The molecule has 2 heterocycles. The lowest BCUT2D eigenvalue weighted by Gasteiger charge is -2.24. The smallest absolute Gasteiger partial charge is 0.276 e. The maximum Gasteiger partial charge on any atom is 0.276 e. The van der Waals surface area contributed by atoms with Gasteiger partial charge in [-0.3, -0.25) is 4.79 Å². The molecule has 0 aromatic carbocycles. The van der Waals surface area contributed by atoms with Crippen LogP contribution < -0.4 is 5.32 Å². The van der Waals surface area contributed by atoms with Crippen LogP contribution in [0.2, 0.25) is 0 Å². The topological polar surface area (TPSA) is 63.1 Å². The molecule has 1 saturated heterocycles. The normalized spacial score (nSPS) is 16.7. The largest absolute Gasteiger partial charge is 0.338 e. The second kappa shape index (κ2) is 10.2. The molecule has 23 heavy (non-hydrogen) atoms. The molecule has 6 nitrogen and oxygen atoms in total. The number of thioether (sulfide) groups is 1. The van der Waals surface area contributed by atoms with E-state index in [-0.39, 0.29) is 24.4 Å². The van der Waals surface area contributed by atoms with Crippen LogP contribution in [0.5, 0.6) is 0 Å². The van der Waals surface area contributed by atoms with Crippen molar-refractivity contribution in [2.75, 3.05) is 31.6 Å². The number of hydrogen-bond acceptors (Lipinski definition) is 5. The van der Waals surface area contributed by atoms with Crippen LogP contribution in [-0.2, 0) is 0 Å². The number of nitrogens with zero attached hydrogens (tertiary/aromatic N) is 4. The molecule has 0 aliphatic carbocycles. The Morgan fingerprint density at radius 3 is 2.87 bits per heavy atom. The van der Waals surface area contributed by atoms with Crippen LogP contribution in [0.25, 0.3) is 0 Å². The van der Waals surface area contributed by atoms with Gasteiger partial charge in [0.15, 0.2) is 5.69 Å². The Balaban J connectivity index is 0.00000264. The Hall–Kier alpha value is -0.790. The van der Waals surface area contributed by atoms with Gasteiger partial charge in [-0.25, -0.2) is 4.68 Å². The van der Waals surface area contributed by atoms with Gasteiger partial charge in [0, 0.05) is 13.1 Å². The highest BCUT2D eigenvalue weighted by Gasteiger charge is 2.22. The van der Waals surface area contributed by atoms with Crippen LogP contribution in [0.1, 0.15) is 49.6 Å². The molecule has 1 N–H and O–H groups in total. The van der Waals surface area contributed by atoms with E-state index >= 15 is 0 Å². The van der Waals surface area contributed by atoms with E-state index in [1.165, 1.54) is 0 Å². The van der Waals surface area contributed by atoms with Gasteiger partial charge in [0.2, 0.25) is 0 Å². The first-order chi connectivity index (χ1) is 10.6. The summed E-state index contributed by atoms with van der Waals surface area (Å²) in [7, 11) is 1.85. The number of carbonyl (C=O) groups is 1. The van der Waals surface area contributed by atoms with Crippen LogP contribution in [0.4, 0.5) is 0 Å². The van der Waals surface area contributed by atoms with Crippen molar-refractivity contribution in [2.24, 2.45) is 0 Å². The molecule has 0 saturated carbocycles. The lowest BCUT2D eigenvalue weighted by atomic mass is 10.1. The molecule has 8 heteroatoms. The van der Waals surface area contributed by atoms with Crippen molar-refractivity contribution in [3.63, 3.8) is 0 Å². The van der Waals surface area contributed by atoms with Crippen LogP contribution in [-0.4, -0.2) is 63.5 Å². The minimum atomic E-state index is -0.0332. The fourth-order valence-electron chi connectivity index (χ4n) is 2.60. The minimum absolute atomic E-state index is 0. The van der Waals surface area contributed by atoms with E-state index < -0.39 is 0 Å². The molecule has 132 valence electrons. The highest BCUT2D eigenvalue weighted by molar-refractivity contribution is 7.99. The van der Waals surface area contributed by atoms with Gasteiger partial charge in [-0.2, -0.15) is 11.8 Å². The highest BCUT2D eigenvalue weighted by Crippen LogP contribution is 2.18. The van der Waals surface area contributed by atoms with Gasteiger partial charge in [-0.1, -0.05) is 12.1 Å². The first-order valence-corrected chi connectivity index (χ1v) is 9.26. The molecule has 1 amide bonds. The summed E-state index contributed by atoms with van der Waals surface area (Å²) < 4.78 is 1.86. The molecule has 0 bridgehead atoms. The molecule has 0 spiro atoms. The number of nitrogens with one attached hydrogen (secondary N) is 1.